The zero-order valence-electron chi connectivity index (χ0n) is 14.8. The molecule has 0 saturated carbocycles. The summed E-state index contributed by atoms with van der Waals surface area (Å²) in [5.74, 6) is 1.34. The number of nitrogens with zero attached hydrogens (tertiary/aromatic N) is 1. The molecule has 0 unspecified atom stereocenters. The van der Waals surface area contributed by atoms with Crippen LogP contribution >= 0.6 is 0 Å². The molecule has 0 aliphatic carbocycles. The monoisotopic (exact) mass is 348 g/mol. The number of para-hydroxylation sites is 1. The van der Waals surface area contributed by atoms with Gasteiger partial charge in [0.15, 0.2) is 11.5 Å². The number of carbonyl (C=O) groups is 1. The number of carbonyl (C=O) groups excluding carboxylic acids is 1. The number of aromatic nitrogens is 1. The van der Waals surface area contributed by atoms with E-state index >= 15 is 0 Å². The van der Waals surface area contributed by atoms with E-state index < -0.39 is 0 Å². The molecule has 1 N–H and O–H groups in total. The normalized spacial score (nSPS) is 13.0. The highest BCUT2D eigenvalue weighted by Crippen LogP contribution is 2.35. The van der Waals surface area contributed by atoms with E-state index in [1.165, 1.54) is 0 Å². The van der Waals surface area contributed by atoms with Crippen LogP contribution in [0.5, 0.6) is 11.5 Å². The predicted octanol–water partition coefficient (Wildman–Crippen LogP) is 3.81. The van der Waals surface area contributed by atoms with Gasteiger partial charge in [-0.15, -0.1) is 0 Å². The van der Waals surface area contributed by atoms with Gasteiger partial charge in [-0.2, -0.15) is 0 Å². The number of ether oxygens (including phenoxy) is 2. The van der Waals surface area contributed by atoms with Gasteiger partial charge in [0.05, 0.1) is 16.8 Å². The van der Waals surface area contributed by atoms with E-state index in [-0.39, 0.29) is 11.9 Å². The number of hydrogen-bond acceptors (Lipinski definition) is 4. The lowest BCUT2D eigenvalue weighted by molar-refractivity contribution is 0.0945. The second-order valence-corrected chi connectivity index (χ2v) is 6.56. The van der Waals surface area contributed by atoms with Crippen molar-refractivity contribution in [3.63, 3.8) is 0 Å². The molecule has 0 atom stereocenters. The minimum Gasteiger partial charge on any atom is -0.486 e. The van der Waals surface area contributed by atoms with E-state index in [1.54, 1.807) is 0 Å². The minimum atomic E-state index is -0.0996. The topological polar surface area (TPSA) is 60.5 Å². The quantitative estimate of drug-likeness (QED) is 0.782. The van der Waals surface area contributed by atoms with Crippen molar-refractivity contribution in [2.45, 2.75) is 19.9 Å². The number of benzene rings is 2. The molecule has 0 bridgehead atoms. The van der Waals surface area contributed by atoms with Gasteiger partial charge in [0.25, 0.3) is 5.91 Å². The highest BCUT2D eigenvalue weighted by Gasteiger charge is 2.17. The van der Waals surface area contributed by atoms with Crippen LogP contribution in [0.3, 0.4) is 0 Å². The SMILES string of the molecule is CC(C)NC(=O)c1cc(-c2ccc3c(c2)OCCO3)nc2ccccc12. The Labute approximate surface area is 152 Å². The van der Waals surface area contributed by atoms with E-state index in [0.717, 1.165) is 27.9 Å². The molecule has 1 amide bonds. The summed E-state index contributed by atoms with van der Waals surface area (Å²) in [6.07, 6.45) is 0. The van der Waals surface area contributed by atoms with Crippen molar-refractivity contribution in [1.29, 1.82) is 0 Å². The fourth-order valence-electron chi connectivity index (χ4n) is 3.05. The average Bonchev–Trinajstić information content (AvgIpc) is 2.66. The standard InChI is InChI=1S/C21H20N2O3/c1-13(2)22-21(24)16-12-18(23-17-6-4-3-5-15(16)17)14-7-8-19-20(11-14)26-10-9-25-19/h3-8,11-13H,9-10H2,1-2H3,(H,22,24). The second kappa shape index (κ2) is 6.67. The van der Waals surface area contributed by atoms with E-state index in [2.05, 4.69) is 5.32 Å². The lowest BCUT2D eigenvalue weighted by Gasteiger charge is -2.19. The number of hydrogen-bond donors (Lipinski definition) is 1. The maximum Gasteiger partial charge on any atom is 0.252 e. The van der Waals surface area contributed by atoms with Gasteiger partial charge in [-0.25, -0.2) is 4.98 Å². The van der Waals surface area contributed by atoms with Gasteiger partial charge < -0.3 is 14.8 Å². The van der Waals surface area contributed by atoms with Crippen LogP contribution in [-0.4, -0.2) is 30.1 Å². The first-order valence-electron chi connectivity index (χ1n) is 8.72. The minimum absolute atomic E-state index is 0.0622. The van der Waals surface area contributed by atoms with Crippen LogP contribution in [-0.2, 0) is 0 Å². The Bertz CT molecular complexity index is 982. The van der Waals surface area contributed by atoms with E-state index in [4.69, 9.17) is 14.5 Å². The van der Waals surface area contributed by atoms with E-state index in [9.17, 15) is 4.79 Å². The number of fused-ring (bicyclic) bond motifs is 2. The van der Waals surface area contributed by atoms with Gasteiger partial charge in [-0.1, -0.05) is 18.2 Å². The largest absolute Gasteiger partial charge is 0.486 e. The van der Waals surface area contributed by atoms with Crippen molar-refractivity contribution >= 4 is 16.8 Å². The number of amides is 1. The molecule has 3 aromatic rings. The fraction of sp³-hybridized carbons (Fsp3) is 0.238. The van der Waals surface area contributed by atoms with Crippen LogP contribution in [0.4, 0.5) is 0 Å². The number of pyridine rings is 1. The Morgan fingerprint density at radius 1 is 1.04 bits per heavy atom. The molecule has 5 heteroatoms. The van der Waals surface area contributed by atoms with Crippen molar-refractivity contribution in [3.8, 4) is 22.8 Å². The zero-order chi connectivity index (χ0) is 18.1. The van der Waals surface area contributed by atoms with Gasteiger partial charge in [-0.05, 0) is 44.2 Å². The highest BCUT2D eigenvalue weighted by molar-refractivity contribution is 6.07. The molecular weight excluding hydrogens is 328 g/mol. The molecular formula is C21H20N2O3. The Hall–Kier alpha value is -3.08. The van der Waals surface area contributed by atoms with Gasteiger partial charge in [0, 0.05) is 17.0 Å². The predicted molar refractivity (Wildman–Crippen MR) is 101 cm³/mol. The van der Waals surface area contributed by atoms with Crippen LogP contribution in [0.1, 0.15) is 24.2 Å². The summed E-state index contributed by atoms with van der Waals surface area (Å²) in [5, 5.41) is 3.81. The smallest absolute Gasteiger partial charge is 0.252 e. The van der Waals surface area contributed by atoms with Crippen molar-refractivity contribution in [3.05, 3.63) is 54.1 Å². The maximum atomic E-state index is 12.7. The summed E-state index contributed by atoms with van der Waals surface area (Å²) in [5.41, 5.74) is 3.02. The second-order valence-electron chi connectivity index (χ2n) is 6.56. The molecule has 26 heavy (non-hydrogen) atoms. The van der Waals surface area contributed by atoms with Crippen LogP contribution in [0.15, 0.2) is 48.5 Å². The fourth-order valence-corrected chi connectivity index (χ4v) is 3.05. The summed E-state index contributed by atoms with van der Waals surface area (Å²) in [4.78, 5) is 17.4. The van der Waals surface area contributed by atoms with Crippen LogP contribution in [0.25, 0.3) is 22.2 Å². The first kappa shape index (κ1) is 16.4. The zero-order valence-corrected chi connectivity index (χ0v) is 14.8. The average molecular weight is 348 g/mol. The molecule has 2 heterocycles. The molecule has 132 valence electrons. The lowest BCUT2D eigenvalue weighted by Crippen LogP contribution is -2.30. The van der Waals surface area contributed by atoms with Gasteiger partial charge in [0.1, 0.15) is 13.2 Å². The van der Waals surface area contributed by atoms with Gasteiger partial charge >= 0.3 is 0 Å². The third kappa shape index (κ3) is 3.08. The summed E-state index contributed by atoms with van der Waals surface area (Å²) in [7, 11) is 0. The molecule has 0 fully saturated rings. The first-order chi connectivity index (χ1) is 12.6. The summed E-state index contributed by atoms with van der Waals surface area (Å²) < 4.78 is 11.3. The number of rotatable bonds is 3. The summed E-state index contributed by atoms with van der Waals surface area (Å²) >= 11 is 0. The summed E-state index contributed by atoms with van der Waals surface area (Å²) in [6, 6.07) is 15.3. The summed E-state index contributed by atoms with van der Waals surface area (Å²) in [6.45, 7) is 4.98. The molecule has 4 rings (SSSR count). The molecule has 2 aromatic carbocycles. The van der Waals surface area contributed by atoms with Crippen LogP contribution in [0.2, 0.25) is 0 Å². The molecule has 1 aromatic heterocycles. The Kier molecular flexibility index (Phi) is 4.21. The Balaban J connectivity index is 1.84. The third-order valence-corrected chi connectivity index (χ3v) is 4.22. The number of nitrogens with one attached hydrogen (secondary N) is 1. The maximum absolute atomic E-state index is 12.7. The van der Waals surface area contributed by atoms with E-state index in [0.29, 0.717) is 24.5 Å². The Morgan fingerprint density at radius 3 is 2.62 bits per heavy atom. The van der Waals surface area contributed by atoms with E-state index in [1.807, 2.05) is 62.4 Å². The van der Waals surface area contributed by atoms with Gasteiger partial charge in [-0.3, -0.25) is 4.79 Å². The molecule has 0 spiro atoms. The van der Waals surface area contributed by atoms with Crippen molar-refractivity contribution in [1.82, 2.24) is 10.3 Å². The Morgan fingerprint density at radius 2 is 1.81 bits per heavy atom. The first-order valence-corrected chi connectivity index (χ1v) is 8.72. The molecule has 0 radical (unpaired) electrons. The third-order valence-electron chi connectivity index (χ3n) is 4.22. The highest BCUT2D eigenvalue weighted by atomic mass is 16.6. The molecule has 1 aliphatic heterocycles. The van der Waals surface area contributed by atoms with Gasteiger partial charge in [0.2, 0.25) is 0 Å². The van der Waals surface area contributed by atoms with Crippen molar-refractivity contribution in [2.24, 2.45) is 0 Å². The lowest BCUT2D eigenvalue weighted by atomic mass is 10.0. The van der Waals surface area contributed by atoms with Crippen molar-refractivity contribution < 1.29 is 14.3 Å². The molecule has 1 aliphatic rings. The van der Waals surface area contributed by atoms with Crippen LogP contribution < -0.4 is 14.8 Å². The van der Waals surface area contributed by atoms with Crippen molar-refractivity contribution in [2.75, 3.05) is 13.2 Å². The molecule has 5 nitrogen and oxygen atoms in total. The van der Waals surface area contributed by atoms with Crippen LogP contribution in [0, 0.1) is 0 Å². The molecule has 0 saturated heterocycles.